The predicted octanol–water partition coefficient (Wildman–Crippen LogP) is 3.86. The van der Waals surface area contributed by atoms with Gasteiger partial charge in [-0.3, -0.25) is 0 Å². The van der Waals surface area contributed by atoms with Crippen molar-refractivity contribution in [1.29, 1.82) is 0 Å². The molecule has 1 aromatic rings. The van der Waals surface area contributed by atoms with Gasteiger partial charge in [0.1, 0.15) is 6.29 Å². The highest BCUT2D eigenvalue weighted by atomic mass is 16.1. The first kappa shape index (κ1) is 14.7. The van der Waals surface area contributed by atoms with Crippen LogP contribution in [0.5, 0.6) is 0 Å². The van der Waals surface area contributed by atoms with Gasteiger partial charge in [0.15, 0.2) is 0 Å². The van der Waals surface area contributed by atoms with Gasteiger partial charge in [-0.25, -0.2) is 0 Å². The van der Waals surface area contributed by atoms with Crippen molar-refractivity contribution in [2.24, 2.45) is 5.92 Å². The van der Waals surface area contributed by atoms with Crippen LogP contribution < -0.4 is 4.90 Å². The number of carbonyl (C=O) groups is 1. The molecule has 1 saturated carbocycles. The molecule has 2 unspecified atom stereocenters. The van der Waals surface area contributed by atoms with Gasteiger partial charge in [0.05, 0.1) is 0 Å². The van der Waals surface area contributed by atoms with Gasteiger partial charge in [0, 0.05) is 25.7 Å². The van der Waals surface area contributed by atoms with E-state index in [1.54, 1.807) is 0 Å². The molecule has 2 nitrogen and oxygen atoms in total. The third-order valence-electron chi connectivity index (χ3n) is 3.55. The number of hydrogen-bond donors (Lipinski definition) is 0. The Kier molecular flexibility index (Phi) is 5.90. The maximum Gasteiger partial charge on any atom is 0.123 e. The van der Waals surface area contributed by atoms with E-state index >= 15 is 0 Å². The molecule has 0 radical (unpaired) electrons. The Balaban J connectivity index is 0.000000771. The maximum atomic E-state index is 10.7. The summed E-state index contributed by atoms with van der Waals surface area (Å²) in [6.45, 7) is 4.00. The molecule has 0 spiro atoms. The highest BCUT2D eigenvalue weighted by Crippen LogP contribution is 2.37. The van der Waals surface area contributed by atoms with Crippen LogP contribution in [0.3, 0.4) is 0 Å². The van der Waals surface area contributed by atoms with E-state index in [4.69, 9.17) is 0 Å². The summed E-state index contributed by atoms with van der Waals surface area (Å²) in [7, 11) is 4.10. The Morgan fingerprint density at radius 3 is 2.17 bits per heavy atom. The van der Waals surface area contributed by atoms with Crippen LogP contribution in [-0.4, -0.2) is 20.4 Å². The minimum absolute atomic E-state index is 0.290. The molecule has 0 heterocycles. The monoisotopic (exact) mass is 247 g/mol. The molecule has 1 aliphatic carbocycles. The fourth-order valence-corrected chi connectivity index (χ4v) is 2.49. The van der Waals surface area contributed by atoms with Crippen molar-refractivity contribution < 1.29 is 4.79 Å². The van der Waals surface area contributed by atoms with Gasteiger partial charge >= 0.3 is 0 Å². The second-order valence-electron chi connectivity index (χ2n) is 4.89. The molecule has 2 heteroatoms. The average Bonchev–Trinajstić information content (AvgIpc) is 2.90. The van der Waals surface area contributed by atoms with Crippen molar-refractivity contribution in [1.82, 2.24) is 0 Å². The first-order valence-corrected chi connectivity index (χ1v) is 6.93. The summed E-state index contributed by atoms with van der Waals surface area (Å²) >= 11 is 0. The quantitative estimate of drug-likeness (QED) is 0.756. The van der Waals surface area contributed by atoms with Gasteiger partial charge in [-0.05, 0) is 42.9 Å². The van der Waals surface area contributed by atoms with Crippen molar-refractivity contribution >= 4 is 12.0 Å². The maximum absolute atomic E-state index is 10.7. The van der Waals surface area contributed by atoms with Crippen molar-refractivity contribution in [2.45, 2.75) is 39.0 Å². The third-order valence-corrected chi connectivity index (χ3v) is 3.55. The molecule has 1 aliphatic rings. The van der Waals surface area contributed by atoms with Crippen LogP contribution in [0, 0.1) is 5.92 Å². The molecule has 0 aromatic heterocycles. The molecule has 0 bridgehead atoms. The van der Waals surface area contributed by atoms with Gasteiger partial charge in [-0.15, -0.1) is 0 Å². The molecule has 100 valence electrons. The van der Waals surface area contributed by atoms with Crippen molar-refractivity contribution in [3.63, 3.8) is 0 Å². The van der Waals surface area contributed by atoms with Gasteiger partial charge in [0.2, 0.25) is 0 Å². The van der Waals surface area contributed by atoms with Gasteiger partial charge in [-0.2, -0.15) is 0 Å². The van der Waals surface area contributed by atoms with Crippen LogP contribution in [0.4, 0.5) is 5.69 Å². The lowest BCUT2D eigenvalue weighted by molar-refractivity contribution is -0.110. The van der Waals surface area contributed by atoms with E-state index in [-0.39, 0.29) is 0 Å². The molecule has 0 amide bonds. The number of nitrogens with zero attached hydrogens (tertiary/aromatic N) is 1. The topological polar surface area (TPSA) is 20.3 Å². The lowest BCUT2D eigenvalue weighted by Crippen LogP contribution is -2.08. The van der Waals surface area contributed by atoms with E-state index in [2.05, 4.69) is 29.2 Å². The smallest absolute Gasteiger partial charge is 0.123 e. The molecule has 0 N–H and O–H groups in total. The molecule has 0 saturated heterocycles. The minimum Gasteiger partial charge on any atom is -0.378 e. The lowest BCUT2D eigenvalue weighted by atomic mass is 9.96. The zero-order valence-electron chi connectivity index (χ0n) is 12.0. The second-order valence-corrected chi connectivity index (χ2v) is 4.89. The number of hydrogen-bond acceptors (Lipinski definition) is 2. The standard InChI is InChI=1S/C14H19NO.C2H6/c1-15(2)14-7-5-12(6-8-14)13-4-3-11(9-13)10-16;1-2/h5-8,10-11,13H,3-4,9H2,1-2H3;1-2H3. The van der Waals surface area contributed by atoms with Crippen LogP contribution in [0.15, 0.2) is 24.3 Å². The third kappa shape index (κ3) is 3.59. The highest BCUT2D eigenvalue weighted by molar-refractivity contribution is 5.54. The summed E-state index contributed by atoms with van der Waals surface area (Å²) in [6, 6.07) is 8.72. The van der Waals surface area contributed by atoms with Crippen molar-refractivity contribution in [3.8, 4) is 0 Å². The van der Waals surface area contributed by atoms with Crippen LogP contribution >= 0.6 is 0 Å². The van der Waals surface area contributed by atoms with Gasteiger partial charge < -0.3 is 9.69 Å². The molecule has 18 heavy (non-hydrogen) atoms. The largest absolute Gasteiger partial charge is 0.378 e. The Hall–Kier alpha value is -1.31. The molecular weight excluding hydrogens is 222 g/mol. The summed E-state index contributed by atoms with van der Waals surface area (Å²) in [5.74, 6) is 0.880. The molecular formula is C16H25NO. The summed E-state index contributed by atoms with van der Waals surface area (Å²) < 4.78 is 0. The van der Waals surface area contributed by atoms with Crippen LogP contribution in [0.25, 0.3) is 0 Å². The Labute approximate surface area is 111 Å². The molecule has 0 aliphatic heterocycles. The summed E-state index contributed by atoms with van der Waals surface area (Å²) in [5.41, 5.74) is 2.61. The lowest BCUT2D eigenvalue weighted by Gasteiger charge is -2.15. The number of anilines is 1. The summed E-state index contributed by atoms with van der Waals surface area (Å²) in [4.78, 5) is 12.8. The fraction of sp³-hybridized carbons (Fsp3) is 0.562. The normalized spacial score (nSPS) is 22.0. The zero-order valence-corrected chi connectivity index (χ0v) is 12.0. The number of carbonyl (C=O) groups excluding carboxylic acids is 1. The van der Waals surface area contributed by atoms with Crippen LogP contribution in [-0.2, 0) is 4.79 Å². The average molecular weight is 247 g/mol. The number of rotatable bonds is 3. The molecule has 1 fully saturated rings. The molecule has 2 rings (SSSR count). The van der Waals surface area contributed by atoms with Crippen LogP contribution in [0.2, 0.25) is 0 Å². The second kappa shape index (κ2) is 7.20. The van der Waals surface area contributed by atoms with Crippen LogP contribution in [0.1, 0.15) is 44.6 Å². The van der Waals surface area contributed by atoms with E-state index < -0.39 is 0 Å². The van der Waals surface area contributed by atoms with Gasteiger partial charge in [0.25, 0.3) is 0 Å². The SMILES string of the molecule is CC.CN(C)c1ccc(C2CCC(C=O)C2)cc1. The van der Waals surface area contributed by atoms with E-state index in [1.165, 1.54) is 11.3 Å². The highest BCUT2D eigenvalue weighted by Gasteiger charge is 2.25. The number of benzene rings is 1. The van der Waals surface area contributed by atoms with E-state index in [0.29, 0.717) is 11.8 Å². The minimum atomic E-state index is 0.290. The first-order valence-electron chi connectivity index (χ1n) is 6.93. The summed E-state index contributed by atoms with van der Waals surface area (Å²) in [5, 5.41) is 0. The molecule has 1 aromatic carbocycles. The predicted molar refractivity (Wildman–Crippen MR) is 78.3 cm³/mol. The van der Waals surface area contributed by atoms with Gasteiger partial charge in [-0.1, -0.05) is 26.0 Å². The van der Waals surface area contributed by atoms with Crippen molar-refractivity contribution in [2.75, 3.05) is 19.0 Å². The van der Waals surface area contributed by atoms with E-state index in [0.717, 1.165) is 25.5 Å². The molecule has 2 atom stereocenters. The van der Waals surface area contributed by atoms with Crippen molar-refractivity contribution in [3.05, 3.63) is 29.8 Å². The Bertz CT molecular complexity index is 356. The number of aldehydes is 1. The Morgan fingerprint density at radius 1 is 1.11 bits per heavy atom. The fourth-order valence-electron chi connectivity index (χ4n) is 2.49. The zero-order chi connectivity index (χ0) is 13.5. The Morgan fingerprint density at radius 2 is 1.72 bits per heavy atom. The summed E-state index contributed by atoms with van der Waals surface area (Å²) in [6.07, 6.45) is 4.37. The van der Waals surface area contributed by atoms with E-state index in [1.807, 2.05) is 27.9 Å². The van der Waals surface area contributed by atoms with E-state index in [9.17, 15) is 4.79 Å². The first-order chi connectivity index (χ1) is 8.70.